The third kappa shape index (κ3) is 6.58. The van der Waals surface area contributed by atoms with Crippen LogP contribution in [0.3, 0.4) is 0 Å². The van der Waals surface area contributed by atoms with Gasteiger partial charge in [0.2, 0.25) is 0 Å². The summed E-state index contributed by atoms with van der Waals surface area (Å²) in [5.41, 5.74) is 1.63. The zero-order chi connectivity index (χ0) is 29.8. The molecule has 1 atom stereocenters. The lowest BCUT2D eigenvalue weighted by Crippen LogP contribution is -2.40. The molecule has 0 fully saturated rings. The first-order chi connectivity index (χ1) is 19.5. The van der Waals surface area contributed by atoms with Crippen molar-refractivity contribution >= 4 is 56.9 Å². The number of carbonyl (C=O) groups is 2. The molecule has 0 unspecified atom stereocenters. The molecular weight excluding hydrogens is 636 g/mol. The van der Waals surface area contributed by atoms with Crippen LogP contribution in [-0.4, -0.2) is 42.9 Å². The highest BCUT2D eigenvalue weighted by atomic mass is 79.9. The van der Waals surface area contributed by atoms with Gasteiger partial charge in [0.25, 0.3) is 5.56 Å². The maximum Gasteiger partial charge on any atom is 0.343 e. The number of rotatable bonds is 9. The van der Waals surface area contributed by atoms with Crippen LogP contribution >= 0.6 is 38.9 Å². The highest BCUT2D eigenvalue weighted by molar-refractivity contribution is 9.10. The quantitative estimate of drug-likeness (QED) is 0.310. The summed E-state index contributed by atoms with van der Waals surface area (Å²) in [6, 6.07) is 9.84. The van der Waals surface area contributed by atoms with Gasteiger partial charge in [-0.1, -0.05) is 41.1 Å². The van der Waals surface area contributed by atoms with Crippen LogP contribution in [-0.2, 0) is 19.1 Å². The highest BCUT2D eigenvalue weighted by Crippen LogP contribution is 2.37. The molecule has 0 N–H and O–H groups in total. The molecule has 216 valence electrons. The molecule has 3 aromatic rings. The van der Waals surface area contributed by atoms with Crippen molar-refractivity contribution in [3.63, 3.8) is 0 Å². The van der Waals surface area contributed by atoms with E-state index in [2.05, 4.69) is 25.7 Å². The molecule has 1 aliphatic rings. The fraction of sp³-hybridized carbons (Fsp3) is 0.310. The minimum absolute atomic E-state index is 0.133. The van der Waals surface area contributed by atoms with Crippen molar-refractivity contribution in [2.75, 3.05) is 20.3 Å². The highest BCUT2D eigenvalue weighted by Gasteiger charge is 2.35. The van der Waals surface area contributed by atoms with Gasteiger partial charge in [0.15, 0.2) is 17.2 Å². The number of benzene rings is 2. The number of para-hydroxylation sites is 1. The Kier molecular flexibility index (Phi) is 9.72. The average molecular weight is 664 g/mol. The molecule has 0 spiro atoms. The molecule has 9 nitrogen and oxygen atoms in total. The van der Waals surface area contributed by atoms with Gasteiger partial charge in [0, 0.05) is 5.56 Å². The summed E-state index contributed by atoms with van der Waals surface area (Å²) in [5, 5.41) is 0.236. The number of carbonyl (C=O) groups excluding carboxylic acids is 2. The predicted molar refractivity (Wildman–Crippen MR) is 159 cm³/mol. The monoisotopic (exact) mass is 662 g/mol. The minimum atomic E-state index is -0.813. The van der Waals surface area contributed by atoms with E-state index in [1.165, 1.54) is 23.0 Å². The molecular formula is C29H28BrClN2O7S. The van der Waals surface area contributed by atoms with E-state index in [4.69, 9.17) is 25.8 Å². The van der Waals surface area contributed by atoms with Crippen LogP contribution < -0.4 is 24.4 Å². The van der Waals surface area contributed by atoms with Crippen LogP contribution in [0.2, 0.25) is 5.02 Å². The van der Waals surface area contributed by atoms with E-state index in [9.17, 15) is 14.4 Å². The number of thiazole rings is 1. The SMILES string of the molecule is CCOC(=O)C1=C(C)N=c2s/c(=C/c3cc(Cl)c(OCC(=O)OC)c(Br)c3)c(=O)n2[C@@H]1c1ccccc1OC(C)C. The molecule has 0 radical (unpaired) electrons. The largest absolute Gasteiger partial charge is 0.491 e. The summed E-state index contributed by atoms with van der Waals surface area (Å²) >= 11 is 11.0. The Labute approximate surface area is 253 Å². The number of esters is 2. The normalized spacial score (nSPS) is 14.9. The molecule has 0 bridgehead atoms. The Morgan fingerprint density at radius 2 is 1.98 bits per heavy atom. The number of ether oxygens (including phenoxy) is 4. The standard InChI is InChI=1S/C29H28BrClN2O7S/c1-6-38-28(36)24-16(4)32-29-33(25(24)18-9-7-8-10-21(18)40-15(2)3)27(35)22(41-29)13-17-11-19(30)26(20(31)12-17)39-14-23(34)37-5/h7-13,15,25H,6,14H2,1-5H3/b22-13+/t25-/m1/s1. The van der Waals surface area contributed by atoms with Gasteiger partial charge in [-0.25, -0.2) is 14.6 Å². The van der Waals surface area contributed by atoms with E-state index in [1.54, 1.807) is 32.1 Å². The van der Waals surface area contributed by atoms with Crippen LogP contribution in [0.5, 0.6) is 11.5 Å². The molecule has 0 saturated heterocycles. The average Bonchev–Trinajstić information content (AvgIpc) is 3.21. The van der Waals surface area contributed by atoms with Gasteiger partial charge in [-0.2, -0.15) is 0 Å². The summed E-state index contributed by atoms with van der Waals surface area (Å²) in [7, 11) is 1.26. The Hall–Kier alpha value is -3.41. The summed E-state index contributed by atoms with van der Waals surface area (Å²) in [6.07, 6.45) is 1.55. The predicted octanol–water partition coefficient (Wildman–Crippen LogP) is 4.55. The van der Waals surface area contributed by atoms with Gasteiger partial charge in [-0.15, -0.1) is 0 Å². The molecule has 0 amide bonds. The fourth-order valence-corrected chi connectivity index (χ4v) is 6.33. The lowest BCUT2D eigenvalue weighted by atomic mass is 9.95. The number of aromatic nitrogens is 1. The Morgan fingerprint density at radius 3 is 2.63 bits per heavy atom. The third-order valence-corrected chi connectivity index (χ3v) is 7.83. The van der Waals surface area contributed by atoms with Crippen molar-refractivity contribution in [2.24, 2.45) is 4.99 Å². The maximum atomic E-state index is 14.0. The Balaban J connectivity index is 1.88. The number of allylic oxidation sites excluding steroid dienone is 1. The van der Waals surface area contributed by atoms with Gasteiger partial charge < -0.3 is 18.9 Å². The number of nitrogens with zero attached hydrogens (tertiary/aromatic N) is 2. The van der Waals surface area contributed by atoms with Crippen molar-refractivity contribution < 1.29 is 28.5 Å². The third-order valence-electron chi connectivity index (χ3n) is 5.97. The molecule has 12 heteroatoms. The zero-order valence-electron chi connectivity index (χ0n) is 23.0. The van der Waals surface area contributed by atoms with Crippen LogP contribution in [0, 0.1) is 0 Å². The van der Waals surface area contributed by atoms with Crippen molar-refractivity contribution in [3.8, 4) is 11.5 Å². The zero-order valence-corrected chi connectivity index (χ0v) is 26.2. The second-order valence-electron chi connectivity index (χ2n) is 9.19. The number of hydrogen-bond acceptors (Lipinski definition) is 9. The van der Waals surface area contributed by atoms with Crippen LogP contribution in [0.1, 0.15) is 44.9 Å². The fourth-order valence-electron chi connectivity index (χ4n) is 4.30. The second kappa shape index (κ2) is 13.1. The molecule has 2 heterocycles. The van der Waals surface area contributed by atoms with Crippen molar-refractivity contribution in [1.29, 1.82) is 0 Å². The van der Waals surface area contributed by atoms with Crippen molar-refractivity contribution in [1.82, 2.24) is 4.57 Å². The number of methoxy groups -OCH3 is 1. The lowest BCUT2D eigenvalue weighted by Gasteiger charge is -2.26. The smallest absolute Gasteiger partial charge is 0.343 e. The molecule has 1 aromatic heterocycles. The van der Waals surface area contributed by atoms with E-state index in [-0.39, 0.29) is 41.2 Å². The van der Waals surface area contributed by atoms with Gasteiger partial charge in [0.05, 0.1) is 45.1 Å². The van der Waals surface area contributed by atoms with Crippen molar-refractivity contribution in [2.45, 2.75) is 39.8 Å². The van der Waals surface area contributed by atoms with Crippen molar-refractivity contribution in [3.05, 3.63) is 88.0 Å². The Bertz CT molecular complexity index is 1690. The first kappa shape index (κ1) is 30.5. The first-order valence-electron chi connectivity index (χ1n) is 12.7. The summed E-state index contributed by atoms with van der Waals surface area (Å²) < 4.78 is 23.9. The molecule has 41 heavy (non-hydrogen) atoms. The van der Waals surface area contributed by atoms with E-state index in [1.807, 2.05) is 38.1 Å². The van der Waals surface area contributed by atoms with E-state index >= 15 is 0 Å². The molecule has 0 saturated carbocycles. The summed E-state index contributed by atoms with van der Waals surface area (Å²) in [4.78, 5) is 43.7. The number of halogens is 2. The number of fused-ring (bicyclic) bond motifs is 1. The second-order valence-corrected chi connectivity index (χ2v) is 11.5. The Morgan fingerprint density at radius 1 is 1.24 bits per heavy atom. The molecule has 1 aliphatic heterocycles. The van der Waals surface area contributed by atoms with E-state index < -0.39 is 18.0 Å². The number of hydrogen-bond donors (Lipinski definition) is 0. The summed E-state index contributed by atoms with van der Waals surface area (Å²) in [6.45, 7) is 7.13. The molecule has 0 aliphatic carbocycles. The van der Waals surface area contributed by atoms with Crippen LogP contribution in [0.4, 0.5) is 0 Å². The van der Waals surface area contributed by atoms with E-state index in [0.717, 1.165) is 0 Å². The molecule has 2 aromatic carbocycles. The van der Waals surface area contributed by atoms with Gasteiger partial charge >= 0.3 is 11.9 Å². The van der Waals surface area contributed by atoms with E-state index in [0.29, 0.717) is 36.4 Å². The lowest BCUT2D eigenvalue weighted by molar-refractivity contribution is -0.143. The maximum absolute atomic E-state index is 14.0. The minimum Gasteiger partial charge on any atom is -0.491 e. The van der Waals surface area contributed by atoms with Gasteiger partial charge in [0.1, 0.15) is 11.8 Å². The molecule has 4 rings (SSSR count). The summed E-state index contributed by atoms with van der Waals surface area (Å²) in [5.74, 6) is -0.278. The first-order valence-corrected chi connectivity index (χ1v) is 14.7. The van der Waals surface area contributed by atoms with Gasteiger partial charge in [-0.3, -0.25) is 9.36 Å². The van der Waals surface area contributed by atoms with Gasteiger partial charge in [-0.05, 0) is 73.5 Å². The topological polar surface area (TPSA) is 105 Å². The van der Waals surface area contributed by atoms with Crippen LogP contribution in [0.25, 0.3) is 6.08 Å². The van der Waals surface area contributed by atoms with Crippen LogP contribution in [0.15, 0.2) is 61.9 Å².